The van der Waals surface area contributed by atoms with E-state index in [1.165, 1.54) is 12.8 Å². The first kappa shape index (κ1) is 12.2. The summed E-state index contributed by atoms with van der Waals surface area (Å²) >= 11 is 6.00. The summed E-state index contributed by atoms with van der Waals surface area (Å²) in [6.45, 7) is 2.57. The molecule has 0 bridgehead atoms. The van der Waals surface area contributed by atoms with Gasteiger partial charge in [0.15, 0.2) is 0 Å². The standard InChI is InChI=1S/C12H20ClNO2/c1-9-6-10(7-16-9)11(15)14-12(8-13)4-2-3-5-12/h9-10H,2-8H2,1H3,(H,14,15). The van der Waals surface area contributed by atoms with Crippen molar-refractivity contribution in [1.29, 1.82) is 0 Å². The molecule has 0 aromatic heterocycles. The van der Waals surface area contributed by atoms with Crippen LogP contribution in [0.15, 0.2) is 0 Å². The fourth-order valence-electron chi connectivity index (χ4n) is 2.71. The van der Waals surface area contributed by atoms with Crippen molar-refractivity contribution in [3.05, 3.63) is 0 Å². The molecule has 2 rings (SSSR count). The summed E-state index contributed by atoms with van der Waals surface area (Å²) in [7, 11) is 0. The molecule has 2 aliphatic rings. The Kier molecular flexibility index (Phi) is 3.75. The molecule has 2 fully saturated rings. The van der Waals surface area contributed by atoms with Gasteiger partial charge in [-0.2, -0.15) is 0 Å². The molecular weight excluding hydrogens is 226 g/mol. The van der Waals surface area contributed by atoms with Crippen LogP contribution in [0.2, 0.25) is 0 Å². The number of carbonyl (C=O) groups is 1. The van der Waals surface area contributed by atoms with Gasteiger partial charge in [0.1, 0.15) is 0 Å². The van der Waals surface area contributed by atoms with Gasteiger partial charge in [-0.15, -0.1) is 11.6 Å². The highest BCUT2D eigenvalue weighted by Crippen LogP contribution is 2.31. The molecule has 0 aromatic carbocycles. The highest BCUT2D eigenvalue weighted by molar-refractivity contribution is 6.18. The van der Waals surface area contributed by atoms with Crippen molar-refractivity contribution < 1.29 is 9.53 Å². The van der Waals surface area contributed by atoms with Gasteiger partial charge in [0.25, 0.3) is 0 Å². The molecule has 1 heterocycles. The SMILES string of the molecule is CC1CC(C(=O)NC2(CCl)CCCC2)CO1. The summed E-state index contributed by atoms with van der Waals surface area (Å²) in [5, 5.41) is 3.15. The number of alkyl halides is 1. The molecule has 1 saturated heterocycles. The van der Waals surface area contributed by atoms with Crippen molar-refractivity contribution in [3.63, 3.8) is 0 Å². The molecule has 1 aliphatic carbocycles. The average Bonchev–Trinajstić information content (AvgIpc) is 2.88. The Labute approximate surface area is 102 Å². The summed E-state index contributed by atoms with van der Waals surface area (Å²) in [5.74, 6) is 0.685. The molecule has 92 valence electrons. The number of rotatable bonds is 3. The van der Waals surface area contributed by atoms with Crippen LogP contribution in [0.25, 0.3) is 0 Å². The minimum Gasteiger partial charge on any atom is -0.378 e. The second kappa shape index (κ2) is 4.92. The van der Waals surface area contributed by atoms with Crippen LogP contribution in [0.3, 0.4) is 0 Å². The van der Waals surface area contributed by atoms with Gasteiger partial charge in [-0.3, -0.25) is 4.79 Å². The Balaban J connectivity index is 1.90. The van der Waals surface area contributed by atoms with Crippen molar-refractivity contribution >= 4 is 17.5 Å². The quantitative estimate of drug-likeness (QED) is 0.774. The lowest BCUT2D eigenvalue weighted by molar-refractivity contribution is -0.126. The average molecular weight is 246 g/mol. The minimum atomic E-state index is -0.134. The topological polar surface area (TPSA) is 38.3 Å². The third-order valence-corrected chi connectivity index (χ3v) is 4.29. The van der Waals surface area contributed by atoms with Crippen LogP contribution in [-0.2, 0) is 9.53 Å². The minimum absolute atomic E-state index is 0.0238. The second-order valence-electron chi connectivity index (χ2n) is 5.19. The molecule has 0 spiro atoms. The summed E-state index contributed by atoms with van der Waals surface area (Å²) in [6, 6.07) is 0. The highest BCUT2D eigenvalue weighted by Gasteiger charge is 2.37. The highest BCUT2D eigenvalue weighted by atomic mass is 35.5. The van der Waals surface area contributed by atoms with Crippen LogP contribution in [0.5, 0.6) is 0 Å². The predicted molar refractivity (Wildman–Crippen MR) is 63.6 cm³/mol. The number of hydrogen-bond donors (Lipinski definition) is 1. The first-order valence-electron chi connectivity index (χ1n) is 6.15. The lowest BCUT2D eigenvalue weighted by Gasteiger charge is -2.29. The van der Waals surface area contributed by atoms with E-state index in [1.807, 2.05) is 6.92 Å². The van der Waals surface area contributed by atoms with Crippen LogP contribution in [0, 0.1) is 5.92 Å². The maximum atomic E-state index is 12.1. The Hall–Kier alpha value is -0.280. The van der Waals surface area contributed by atoms with Gasteiger partial charge in [-0.05, 0) is 26.2 Å². The fourth-order valence-corrected chi connectivity index (χ4v) is 3.04. The van der Waals surface area contributed by atoms with Crippen molar-refractivity contribution in [3.8, 4) is 0 Å². The summed E-state index contributed by atoms with van der Waals surface area (Å²) in [4.78, 5) is 12.1. The molecule has 2 atom stereocenters. The molecule has 0 aromatic rings. The number of nitrogens with one attached hydrogen (secondary N) is 1. The summed E-state index contributed by atoms with van der Waals surface area (Å²) in [6.07, 6.45) is 5.43. The fraction of sp³-hybridized carbons (Fsp3) is 0.917. The Morgan fingerprint density at radius 3 is 2.69 bits per heavy atom. The van der Waals surface area contributed by atoms with E-state index in [0.29, 0.717) is 12.5 Å². The third-order valence-electron chi connectivity index (χ3n) is 3.77. The molecule has 0 radical (unpaired) electrons. The lowest BCUT2D eigenvalue weighted by atomic mass is 9.97. The molecule has 4 heteroatoms. The number of carbonyl (C=O) groups excluding carboxylic acids is 1. The van der Waals surface area contributed by atoms with E-state index in [2.05, 4.69) is 5.32 Å². The van der Waals surface area contributed by atoms with Gasteiger partial charge in [-0.25, -0.2) is 0 Å². The van der Waals surface area contributed by atoms with Crippen molar-refractivity contribution in [2.75, 3.05) is 12.5 Å². The number of hydrogen-bond acceptors (Lipinski definition) is 2. The second-order valence-corrected chi connectivity index (χ2v) is 5.45. The van der Waals surface area contributed by atoms with E-state index in [4.69, 9.17) is 16.3 Å². The van der Waals surface area contributed by atoms with E-state index in [-0.39, 0.29) is 23.5 Å². The molecule has 1 saturated carbocycles. The zero-order chi connectivity index (χ0) is 11.6. The summed E-state index contributed by atoms with van der Waals surface area (Å²) < 4.78 is 5.42. The maximum absolute atomic E-state index is 12.1. The Bertz CT molecular complexity index is 264. The number of halogens is 1. The largest absolute Gasteiger partial charge is 0.378 e. The van der Waals surface area contributed by atoms with Crippen LogP contribution in [0.1, 0.15) is 39.0 Å². The monoisotopic (exact) mass is 245 g/mol. The molecule has 16 heavy (non-hydrogen) atoms. The van der Waals surface area contributed by atoms with Crippen LogP contribution >= 0.6 is 11.6 Å². The predicted octanol–water partition coefficient (Wildman–Crippen LogP) is 2.08. The van der Waals surface area contributed by atoms with Gasteiger partial charge in [0, 0.05) is 5.88 Å². The van der Waals surface area contributed by atoms with E-state index >= 15 is 0 Å². The Morgan fingerprint density at radius 2 is 2.19 bits per heavy atom. The molecule has 1 N–H and O–H groups in total. The molecular formula is C12H20ClNO2. The molecule has 1 aliphatic heterocycles. The van der Waals surface area contributed by atoms with Gasteiger partial charge < -0.3 is 10.1 Å². The van der Waals surface area contributed by atoms with Gasteiger partial charge in [-0.1, -0.05) is 12.8 Å². The zero-order valence-corrected chi connectivity index (χ0v) is 10.6. The van der Waals surface area contributed by atoms with E-state index < -0.39 is 0 Å². The number of ether oxygens (including phenoxy) is 1. The summed E-state index contributed by atoms with van der Waals surface area (Å²) in [5.41, 5.74) is -0.134. The van der Waals surface area contributed by atoms with Crippen molar-refractivity contribution in [1.82, 2.24) is 5.32 Å². The zero-order valence-electron chi connectivity index (χ0n) is 9.80. The first-order valence-corrected chi connectivity index (χ1v) is 6.68. The smallest absolute Gasteiger partial charge is 0.226 e. The van der Waals surface area contributed by atoms with Crippen LogP contribution in [-0.4, -0.2) is 30.0 Å². The van der Waals surface area contributed by atoms with Gasteiger partial charge in [0.2, 0.25) is 5.91 Å². The van der Waals surface area contributed by atoms with Crippen molar-refractivity contribution in [2.45, 2.75) is 50.7 Å². The van der Waals surface area contributed by atoms with Crippen LogP contribution < -0.4 is 5.32 Å². The van der Waals surface area contributed by atoms with Gasteiger partial charge in [0.05, 0.1) is 24.2 Å². The van der Waals surface area contributed by atoms with Crippen molar-refractivity contribution in [2.24, 2.45) is 5.92 Å². The number of amides is 1. The van der Waals surface area contributed by atoms with Gasteiger partial charge >= 0.3 is 0 Å². The molecule has 2 unspecified atom stereocenters. The molecule has 3 nitrogen and oxygen atoms in total. The van der Waals surface area contributed by atoms with Crippen LogP contribution in [0.4, 0.5) is 0 Å². The first-order chi connectivity index (χ1) is 7.65. The third kappa shape index (κ3) is 2.51. The van der Waals surface area contributed by atoms with E-state index in [9.17, 15) is 4.79 Å². The Morgan fingerprint density at radius 1 is 1.50 bits per heavy atom. The molecule has 1 amide bonds. The normalized spacial score (nSPS) is 32.9. The maximum Gasteiger partial charge on any atom is 0.226 e. The van der Waals surface area contributed by atoms with E-state index in [0.717, 1.165) is 19.3 Å². The lowest BCUT2D eigenvalue weighted by Crippen LogP contribution is -2.50. The van der Waals surface area contributed by atoms with E-state index in [1.54, 1.807) is 0 Å².